The highest BCUT2D eigenvalue weighted by molar-refractivity contribution is 7.09. The molecule has 2 amide bonds. The number of carbonyl (C=O) groups excluding carboxylic acids is 2. The highest BCUT2D eigenvalue weighted by Crippen LogP contribution is 2.43. The number of aryl methyl sites for hydroxylation is 1. The molecule has 0 bridgehead atoms. The summed E-state index contributed by atoms with van der Waals surface area (Å²) in [5.74, 6) is 0.0705. The summed E-state index contributed by atoms with van der Waals surface area (Å²) in [6, 6.07) is 19.1. The first-order valence-electron chi connectivity index (χ1n) is 11.7. The lowest BCUT2D eigenvalue weighted by Gasteiger charge is -2.34. The van der Waals surface area contributed by atoms with Gasteiger partial charge in [0.15, 0.2) is 0 Å². The van der Waals surface area contributed by atoms with Crippen molar-refractivity contribution in [2.45, 2.75) is 38.9 Å². The molecule has 1 aliphatic rings. The molecule has 2 aromatic heterocycles. The number of aromatic nitrogens is 1. The van der Waals surface area contributed by atoms with Crippen LogP contribution >= 0.6 is 11.3 Å². The molecule has 0 radical (unpaired) electrons. The van der Waals surface area contributed by atoms with Gasteiger partial charge in [-0.2, -0.15) is 0 Å². The molecule has 2 unspecified atom stereocenters. The van der Waals surface area contributed by atoms with Crippen molar-refractivity contribution in [3.05, 3.63) is 93.8 Å². The Kier molecular flexibility index (Phi) is 6.00. The first-order chi connectivity index (χ1) is 16.5. The van der Waals surface area contributed by atoms with E-state index in [4.69, 9.17) is 0 Å². The van der Waals surface area contributed by atoms with Crippen LogP contribution in [0.2, 0.25) is 0 Å². The monoisotopic (exact) mass is 471 g/mol. The number of para-hydroxylation sites is 1. The van der Waals surface area contributed by atoms with Crippen molar-refractivity contribution < 1.29 is 9.59 Å². The van der Waals surface area contributed by atoms with Gasteiger partial charge in [-0.15, -0.1) is 11.3 Å². The summed E-state index contributed by atoms with van der Waals surface area (Å²) >= 11 is 1.62. The summed E-state index contributed by atoms with van der Waals surface area (Å²) < 4.78 is 2.10. The summed E-state index contributed by atoms with van der Waals surface area (Å²) in [7, 11) is 2.03. The molecule has 34 heavy (non-hydrogen) atoms. The Morgan fingerprint density at radius 1 is 1.03 bits per heavy atom. The Morgan fingerprint density at radius 3 is 2.56 bits per heavy atom. The van der Waals surface area contributed by atoms with Crippen LogP contribution in [0.5, 0.6) is 0 Å². The molecule has 0 spiro atoms. The van der Waals surface area contributed by atoms with E-state index in [1.54, 1.807) is 11.3 Å². The zero-order valence-electron chi connectivity index (χ0n) is 19.7. The van der Waals surface area contributed by atoms with Gasteiger partial charge in [0.1, 0.15) is 6.04 Å². The number of benzene rings is 2. The molecular formula is C28H29N3O2S. The number of thiophene rings is 1. The summed E-state index contributed by atoms with van der Waals surface area (Å²) in [4.78, 5) is 30.3. The van der Waals surface area contributed by atoms with E-state index in [1.807, 2.05) is 65.9 Å². The van der Waals surface area contributed by atoms with Crippen LogP contribution in [0.4, 0.5) is 0 Å². The number of hydrogen-bond acceptors (Lipinski definition) is 3. The van der Waals surface area contributed by atoms with Gasteiger partial charge in [0, 0.05) is 40.2 Å². The van der Waals surface area contributed by atoms with Crippen LogP contribution < -0.4 is 5.32 Å². The summed E-state index contributed by atoms with van der Waals surface area (Å²) in [5.41, 5.74) is 3.80. The normalized spacial score (nSPS) is 16.3. The fourth-order valence-corrected chi connectivity index (χ4v) is 5.71. The molecule has 174 valence electrons. The van der Waals surface area contributed by atoms with Crippen molar-refractivity contribution in [1.82, 2.24) is 14.8 Å². The topological polar surface area (TPSA) is 54.3 Å². The predicted molar refractivity (Wildman–Crippen MR) is 137 cm³/mol. The Morgan fingerprint density at radius 2 is 1.79 bits per heavy atom. The predicted octanol–water partition coefficient (Wildman–Crippen LogP) is 5.52. The van der Waals surface area contributed by atoms with E-state index >= 15 is 0 Å². The second-order valence-electron chi connectivity index (χ2n) is 9.36. The van der Waals surface area contributed by atoms with Crippen molar-refractivity contribution in [3.8, 4) is 0 Å². The first-order valence-corrected chi connectivity index (χ1v) is 12.6. The molecule has 6 heteroatoms. The van der Waals surface area contributed by atoms with Crippen molar-refractivity contribution >= 4 is 34.1 Å². The molecule has 5 nitrogen and oxygen atoms in total. The quantitative estimate of drug-likeness (QED) is 0.386. The fraction of sp³-hybridized carbons (Fsp3) is 0.286. The smallest absolute Gasteiger partial charge is 0.255 e. The molecule has 1 N–H and O–H groups in total. The van der Waals surface area contributed by atoms with E-state index in [2.05, 4.69) is 42.1 Å². The van der Waals surface area contributed by atoms with E-state index in [0.717, 1.165) is 26.9 Å². The largest absolute Gasteiger partial charge is 0.350 e. The second-order valence-corrected chi connectivity index (χ2v) is 10.4. The number of carbonyl (C=O) groups is 2. The minimum atomic E-state index is -0.566. The second kappa shape index (κ2) is 9.11. The van der Waals surface area contributed by atoms with E-state index in [9.17, 15) is 9.59 Å². The maximum atomic E-state index is 13.8. The van der Waals surface area contributed by atoms with Crippen LogP contribution in [0, 0.1) is 5.92 Å². The third-order valence-corrected chi connectivity index (χ3v) is 7.45. The zero-order valence-corrected chi connectivity index (χ0v) is 20.5. The van der Waals surface area contributed by atoms with Crippen molar-refractivity contribution in [1.29, 1.82) is 0 Å². The number of amides is 2. The average Bonchev–Trinajstić information content (AvgIpc) is 3.54. The number of nitrogens with one attached hydrogen (secondary N) is 1. The van der Waals surface area contributed by atoms with Crippen LogP contribution in [0.15, 0.2) is 72.2 Å². The van der Waals surface area contributed by atoms with E-state index < -0.39 is 6.04 Å². The molecule has 5 rings (SSSR count). The Hall–Kier alpha value is -3.38. The summed E-state index contributed by atoms with van der Waals surface area (Å²) in [5, 5.41) is 6.21. The van der Waals surface area contributed by atoms with Crippen LogP contribution in [0.25, 0.3) is 10.9 Å². The molecule has 2 aromatic carbocycles. The van der Waals surface area contributed by atoms with Crippen LogP contribution in [0.1, 0.15) is 52.7 Å². The SMILES string of the molecule is CC(C)CC(C(=O)NCc1cccs1)N1C(=O)c2ccccc2C1c1cn(C)c2ccccc12. The summed E-state index contributed by atoms with van der Waals surface area (Å²) in [6.45, 7) is 4.67. The third kappa shape index (κ3) is 3.92. The molecule has 2 atom stereocenters. The van der Waals surface area contributed by atoms with Crippen molar-refractivity contribution in [2.75, 3.05) is 0 Å². The number of nitrogens with zero attached hydrogens (tertiary/aromatic N) is 2. The zero-order chi connectivity index (χ0) is 23.8. The molecule has 3 heterocycles. The van der Waals surface area contributed by atoms with Crippen LogP contribution in [-0.4, -0.2) is 27.3 Å². The molecule has 0 fully saturated rings. The van der Waals surface area contributed by atoms with Gasteiger partial charge < -0.3 is 14.8 Å². The van der Waals surface area contributed by atoms with Gasteiger partial charge >= 0.3 is 0 Å². The van der Waals surface area contributed by atoms with E-state index in [0.29, 0.717) is 18.5 Å². The van der Waals surface area contributed by atoms with Gasteiger partial charge in [-0.1, -0.05) is 56.3 Å². The minimum Gasteiger partial charge on any atom is -0.350 e. The number of hydrogen-bond donors (Lipinski definition) is 1. The lowest BCUT2D eigenvalue weighted by Crippen LogP contribution is -2.49. The standard InChI is InChI=1S/C28H29N3O2S/c1-18(2)15-25(27(32)29-16-19-9-8-14-34-19)31-26(21-11-4-5-12-22(21)28(31)33)23-17-30(3)24-13-7-6-10-20(23)24/h4-14,17-18,25-26H,15-16H2,1-3H3,(H,29,32). The molecule has 0 aliphatic carbocycles. The Labute approximate surface area is 204 Å². The third-order valence-electron chi connectivity index (χ3n) is 6.57. The van der Waals surface area contributed by atoms with E-state index in [1.165, 1.54) is 0 Å². The molecule has 1 aliphatic heterocycles. The number of rotatable bonds is 7. The highest BCUT2D eigenvalue weighted by atomic mass is 32.1. The lowest BCUT2D eigenvalue weighted by molar-refractivity contribution is -0.126. The molecular weight excluding hydrogens is 442 g/mol. The van der Waals surface area contributed by atoms with Crippen LogP contribution in [0.3, 0.4) is 0 Å². The Bertz CT molecular complexity index is 1340. The van der Waals surface area contributed by atoms with Gasteiger partial charge in [-0.25, -0.2) is 0 Å². The lowest BCUT2D eigenvalue weighted by atomic mass is 9.95. The number of fused-ring (bicyclic) bond motifs is 2. The van der Waals surface area contributed by atoms with Gasteiger partial charge in [0.25, 0.3) is 5.91 Å². The van der Waals surface area contributed by atoms with Gasteiger partial charge in [-0.05, 0) is 41.5 Å². The van der Waals surface area contributed by atoms with Gasteiger partial charge in [-0.3, -0.25) is 9.59 Å². The fourth-order valence-electron chi connectivity index (χ4n) is 5.06. The van der Waals surface area contributed by atoms with Gasteiger partial charge in [0.2, 0.25) is 5.91 Å². The van der Waals surface area contributed by atoms with Crippen molar-refractivity contribution in [3.63, 3.8) is 0 Å². The van der Waals surface area contributed by atoms with Gasteiger partial charge in [0.05, 0.1) is 12.6 Å². The maximum Gasteiger partial charge on any atom is 0.255 e. The average molecular weight is 472 g/mol. The summed E-state index contributed by atoms with van der Waals surface area (Å²) in [6.07, 6.45) is 2.70. The maximum absolute atomic E-state index is 13.8. The van der Waals surface area contributed by atoms with Crippen LogP contribution in [-0.2, 0) is 18.4 Å². The van der Waals surface area contributed by atoms with E-state index in [-0.39, 0.29) is 23.8 Å². The first kappa shape index (κ1) is 22.4. The highest BCUT2D eigenvalue weighted by Gasteiger charge is 2.44. The molecule has 0 saturated carbocycles. The van der Waals surface area contributed by atoms with Crippen molar-refractivity contribution in [2.24, 2.45) is 13.0 Å². The molecule has 4 aromatic rings. The minimum absolute atomic E-state index is 0.0783. The molecule has 0 saturated heterocycles. The Balaban J connectivity index is 1.60.